The van der Waals surface area contributed by atoms with E-state index >= 15 is 0 Å². The lowest BCUT2D eigenvalue weighted by Gasteiger charge is -2.34. The minimum atomic E-state index is -3.67. The van der Waals surface area contributed by atoms with E-state index in [9.17, 15) is 13.5 Å². The summed E-state index contributed by atoms with van der Waals surface area (Å²) in [5.41, 5.74) is 4.75. The first-order valence-electron chi connectivity index (χ1n) is 11.0. The largest absolute Gasteiger partial charge is 0.507 e. The molecule has 0 spiro atoms. The summed E-state index contributed by atoms with van der Waals surface area (Å²) in [4.78, 5) is 2.63. The Labute approximate surface area is 194 Å². The van der Waals surface area contributed by atoms with Crippen molar-refractivity contribution < 1.29 is 27.6 Å². The molecule has 5 rings (SSSR count). The van der Waals surface area contributed by atoms with Crippen molar-refractivity contribution in [2.24, 2.45) is 0 Å². The van der Waals surface area contributed by atoms with Crippen molar-refractivity contribution in [2.75, 3.05) is 27.0 Å². The molecule has 8 heteroatoms. The van der Waals surface area contributed by atoms with Crippen molar-refractivity contribution in [3.63, 3.8) is 0 Å². The Kier molecular flexibility index (Phi) is 6.20. The zero-order chi connectivity index (χ0) is 24.1. The predicted octanol–water partition coefficient (Wildman–Crippen LogP) is 4.36. The number of hydrogen-bond acceptors (Lipinski definition) is 6. The summed E-state index contributed by atoms with van der Waals surface area (Å²) in [6.45, 7) is 6.20. The number of phenolic OH excluding ortho intramolecular Hbond substituents is 1. The topological polar surface area (TPSA) is 96.3 Å². The van der Waals surface area contributed by atoms with E-state index in [1.807, 2.05) is 13.8 Å². The molecule has 1 fully saturated rings. The predicted molar refractivity (Wildman–Crippen MR) is 130 cm³/mol. The molecule has 3 aromatic carbocycles. The number of methoxy groups -OCH3 is 2. The quantitative estimate of drug-likeness (QED) is 0.422. The highest BCUT2D eigenvalue weighted by atomic mass is 32.2. The Morgan fingerprint density at radius 3 is 2.21 bits per heavy atom. The number of ether oxygens (including phenoxy) is 2. The van der Waals surface area contributed by atoms with Crippen LogP contribution in [0.15, 0.2) is 18.2 Å². The molecule has 0 saturated carbocycles. The van der Waals surface area contributed by atoms with E-state index in [0.29, 0.717) is 18.0 Å². The Morgan fingerprint density at radius 2 is 1.61 bits per heavy atom. The number of phenols is 1. The summed E-state index contributed by atoms with van der Waals surface area (Å²) in [6.07, 6.45) is 4.36. The van der Waals surface area contributed by atoms with Gasteiger partial charge >= 0.3 is 0 Å². The molecular weight excluding hydrogens is 442 g/mol. The Morgan fingerprint density at radius 1 is 1.00 bits per heavy atom. The van der Waals surface area contributed by atoms with E-state index < -0.39 is 10.1 Å². The van der Waals surface area contributed by atoms with Crippen molar-refractivity contribution in [1.29, 1.82) is 0 Å². The molecule has 0 aromatic heterocycles. The Balaban J connectivity index is 0.000000471. The van der Waals surface area contributed by atoms with Gasteiger partial charge in [0.1, 0.15) is 5.75 Å². The Hall–Kier alpha value is -2.55. The summed E-state index contributed by atoms with van der Waals surface area (Å²) >= 11 is 0. The molecular formula is C25H31NO6S. The van der Waals surface area contributed by atoms with Gasteiger partial charge in [0.05, 0.1) is 20.5 Å². The molecule has 33 heavy (non-hydrogen) atoms. The van der Waals surface area contributed by atoms with Crippen LogP contribution in [0.2, 0.25) is 0 Å². The third-order valence-electron chi connectivity index (χ3n) is 6.84. The van der Waals surface area contributed by atoms with Gasteiger partial charge in [0.2, 0.25) is 0 Å². The molecule has 1 atom stereocenters. The summed E-state index contributed by atoms with van der Waals surface area (Å²) < 4.78 is 37.1. The number of benzene rings is 3. The third kappa shape index (κ3) is 4.35. The van der Waals surface area contributed by atoms with Crippen LogP contribution in [-0.2, 0) is 23.1 Å². The van der Waals surface area contributed by atoms with Gasteiger partial charge in [0.25, 0.3) is 10.1 Å². The molecule has 2 aliphatic heterocycles. The summed E-state index contributed by atoms with van der Waals surface area (Å²) in [5, 5.41) is 15.5. The number of aromatic hydroxyl groups is 1. The van der Waals surface area contributed by atoms with Crippen LogP contribution in [0.25, 0.3) is 21.5 Å². The average molecular weight is 474 g/mol. The van der Waals surface area contributed by atoms with Crippen molar-refractivity contribution in [1.82, 2.24) is 4.90 Å². The minimum absolute atomic E-state index is 0.391. The lowest BCUT2D eigenvalue weighted by atomic mass is 9.83. The maximum atomic E-state index is 10.7. The van der Waals surface area contributed by atoms with Crippen LogP contribution in [-0.4, -0.2) is 56.0 Å². The molecule has 1 saturated heterocycles. The van der Waals surface area contributed by atoms with Gasteiger partial charge in [-0.25, -0.2) is 0 Å². The van der Waals surface area contributed by atoms with Crippen LogP contribution in [0.4, 0.5) is 0 Å². The van der Waals surface area contributed by atoms with Crippen molar-refractivity contribution in [2.45, 2.75) is 45.7 Å². The minimum Gasteiger partial charge on any atom is -0.507 e. The molecule has 2 heterocycles. The Bertz CT molecular complexity index is 1340. The summed E-state index contributed by atoms with van der Waals surface area (Å²) in [6, 6.07) is 7.02. The molecule has 0 unspecified atom stereocenters. The first-order valence-corrected chi connectivity index (χ1v) is 12.9. The summed E-state index contributed by atoms with van der Waals surface area (Å²) in [7, 11) is -0.304. The van der Waals surface area contributed by atoms with Gasteiger partial charge in [-0.1, -0.05) is 0 Å². The van der Waals surface area contributed by atoms with Crippen LogP contribution < -0.4 is 9.47 Å². The highest BCUT2D eigenvalue weighted by Crippen LogP contribution is 2.46. The molecule has 3 aromatic rings. The fourth-order valence-electron chi connectivity index (χ4n) is 5.41. The van der Waals surface area contributed by atoms with Crippen LogP contribution in [0.1, 0.15) is 35.1 Å². The second-order valence-electron chi connectivity index (χ2n) is 9.00. The molecule has 0 bridgehead atoms. The number of aryl methyl sites for hydroxylation is 2. The smallest absolute Gasteiger partial charge is 0.261 e. The summed E-state index contributed by atoms with van der Waals surface area (Å²) in [5.74, 6) is 1.88. The molecule has 0 amide bonds. The second-order valence-corrected chi connectivity index (χ2v) is 10.5. The SMILES string of the molecule is COc1cc2c3c(c4cc(C)c(O)c(C)c4c2cc1OC)C[C@@H]1CCCN1C3.CS(=O)(=O)O. The fraction of sp³-hybridized carbons (Fsp3) is 0.440. The molecule has 2 aliphatic rings. The third-order valence-corrected chi connectivity index (χ3v) is 6.84. The zero-order valence-electron chi connectivity index (χ0n) is 19.7. The normalized spacial score (nSPS) is 17.9. The van der Waals surface area contributed by atoms with Crippen molar-refractivity contribution in [3.05, 3.63) is 40.5 Å². The molecule has 0 aliphatic carbocycles. The number of rotatable bonds is 2. The van der Waals surface area contributed by atoms with E-state index in [4.69, 9.17) is 14.0 Å². The molecule has 2 N–H and O–H groups in total. The number of fused-ring (bicyclic) bond motifs is 7. The van der Waals surface area contributed by atoms with Gasteiger partial charge in [0.15, 0.2) is 11.5 Å². The maximum absolute atomic E-state index is 10.7. The fourth-order valence-corrected chi connectivity index (χ4v) is 5.41. The van der Waals surface area contributed by atoms with E-state index in [-0.39, 0.29) is 0 Å². The highest BCUT2D eigenvalue weighted by molar-refractivity contribution is 7.85. The lowest BCUT2D eigenvalue weighted by Crippen LogP contribution is -2.35. The standard InChI is InChI=1S/C24H27NO3.CH4O3S/c1-13-8-18-16-9-15-6-5-7-25(15)12-20(16)17-10-21(27-3)22(28-4)11-19(17)23(18)14(2)24(13)26;1-5(2,3)4/h8,10-11,15,26H,5-7,9,12H2,1-4H3;1H3,(H,2,3,4)/t15-;/m0./s1. The van der Waals surface area contributed by atoms with Gasteiger partial charge in [-0.15, -0.1) is 0 Å². The second kappa shape index (κ2) is 8.66. The van der Waals surface area contributed by atoms with Crippen LogP contribution >= 0.6 is 0 Å². The number of nitrogens with zero attached hydrogens (tertiary/aromatic N) is 1. The van der Waals surface area contributed by atoms with Crippen molar-refractivity contribution >= 4 is 31.7 Å². The van der Waals surface area contributed by atoms with E-state index in [0.717, 1.165) is 46.4 Å². The highest BCUT2D eigenvalue weighted by Gasteiger charge is 2.33. The number of hydrogen-bond donors (Lipinski definition) is 2. The molecule has 178 valence electrons. The van der Waals surface area contributed by atoms with Crippen LogP contribution in [0, 0.1) is 13.8 Å². The van der Waals surface area contributed by atoms with Gasteiger partial charge in [0, 0.05) is 12.6 Å². The first-order chi connectivity index (χ1) is 15.5. The van der Waals surface area contributed by atoms with E-state index in [1.165, 1.54) is 41.3 Å². The van der Waals surface area contributed by atoms with Gasteiger partial charge < -0.3 is 14.6 Å². The maximum Gasteiger partial charge on any atom is 0.261 e. The van der Waals surface area contributed by atoms with Gasteiger partial charge in [-0.05, 0) is 102 Å². The lowest BCUT2D eigenvalue weighted by molar-refractivity contribution is 0.229. The van der Waals surface area contributed by atoms with Crippen molar-refractivity contribution in [3.8, 4) is 17.2 Å². The van der Waals surface area contributed by atoms with Gasteiger partial charge in [-0.2, -0.15) is 8.42 Å². The van der Waals surface area contributed by atoms with Crippen LogP contribution in [0.3, 0.4) is 0 Å². The molecule has 7 nitrogen and oxygen atoms in total. The molecule has 0 radical (unpaired) electrons. The van der Waals surface area contributed by atoms with Gasteiger partial charge in [-0.3, -0.25) is 9.45 Å². The van der Waals surface area contributed by atoms with Crippen LogP contribution in [0.5, 0.6) is 17.2 Å². The monoisotopic (exact) mass is 473 g/mol. The zero-order valence-corrected chi connectivity index (χ0v) is 20.5. The first kappa shape index (κ1) is 23.6. The van der Waals surface area contributed by atoms with E-state index in [1.54, 1.807) is 14.2 Å². The van der Waals surface area contributed by atoms with E-state index in [2.05, 4.69) is 23.1 Å². The average Bonchev–Trinajstić information content (AvgIpc) is 3.21.